The average molecular weight is 1460 g/mol. The largest absolute Gasteiger partial charge is 1.00 e. The minimum atomic E-state index is -6.07. The first-order valence-electron chi connectivity index (χ1n) is 24.8. The van der Waals surface area contributed by atoms with Crippen molar-refractivity contribution in [3.8, 4) is 0 Å². The molecular formula is C41H58N5NaO33P5S4-. The fraction of sp³-hybridized carbons (Fsp3) is 0.634. The molecule has 19 atom stereocenters. The Bertz CT molecular complexity index is 3000. The fourth-order valence-corrected chi connectivity index (χ4v) is 18.5. The van der Waals surface area contributed by atoms with Gasteiger partial charge in [0.05, 0.1) is 125 Å². The Labute approximate surface area is 541 Å². The van der Waals surface area contributed by atoms with Crippen molar-refractivity contribution in [3.05, 3.63) is 35.3 Å². The molecule has 89 heavy (non-hydrogen) atoms. The minimum absolute atomic E-state index is 0. The van der Waals surface area contributed by atoms with Crippen LogP contribution in [-0.2, 0) is 83.4 Å². The van der Waals surface area contributed by atoms with Gasteiger partial charge in [-0.05, 0) is 0 Å². The summed E-state index contributed by atoms with van der Waals surface area (Å²) in [5.41, 5.74) is 0.728. The second-order valence-electron chi connectivity index (χ2n) is 19.6. The van der Waals surface area contributed by atoms with E-state index in [1.54, 1.807) is 0 Å². The van der Waals surface area contributed by atoms with Crippen LogP contribution in [0.25, 0.3) is 0 Å². The summed E-state index contributed by atoms with van der Waals surface area (Å²) in [4.78, 5) is 150. The van der Waals surface area contributed by atoms with E-state index in [1.807, 2.05) is 0 Å². The zero-order chi connectivity index (χ0) is 66.3. The van der Waals surface area contributed by atoms with Crippen LogP contribution < -0.4 is 65.5 Å². The standard InChI is InChI=1S/C12H18NO6PS.C10H14NO8PS.C10H13NO5S.C9H15N2O14P3S.Na/c1-20(2,18)19-5-8-10(16)11(17)12(21-8)6-4-13-9(15)3-7(6)14;12-5-1-7(13)11-2-4(5)10-9(15)8(14)6(21-10)3-19-20(16,17)18;12-3-6-8(15)9(16)10(17-6)4-2-11-7(14)1-5(4)13;12-5-1-6(13)11(3-10-5)9-8(15)7(14)4(29-9)2-23-27(19,20)25-28(21,22)24-26(16,17)18;/h4,8,10-12,16-17H,3,5H2,1-2H3,(H,13,15);2,6,8-10,14-15H,1,3H2,(H,11,13)(H2,16,17,18);2,6,8-10,12,15-16H,1,3H2,(H,11,14);3-4,7-9,14-15H,1-2H2,(H4,16,17,18,19,20,21,22);/q;;;;+1/p-2/t8-,10-,11-,12?;2*6-,8-,9-,10?;4-,7-,8-,9-;/m1111./s1. The number of carbonyl (C=O) groups is 8. The summed E-state index contributed by atoms with van der Waals surface area (Å²) in [6.45, 7) is 1.26. The van der Waals surface area contributed by atoms with Gasteiger partial charge >= 0.3 is 49.2 Å². The van der Waals surface area contributed by atoms with E-state index in [0.29, 0.717) is 11.8 Å². The van der Waals surface area contributed by atoms with Crippen LogP contribution in [0.1, 0.15) is 25.7 Å². The fourth-order valence-electron chi connectivity index (χ4n) is 8.46. The molecule has 0 aliphatic carbocycles. The Kier molecular flexibility index (Phi) is 29.7. The Balaban J connectivity index is 0.000000257. The van der Waals surface area contributed by atoms with Crippen LogP contribution in [0.5, 0.6) is 0 Å². The molecule has 8 aliphatic heterocycles. The number of thioether (sulfide) groups is 4. The van der Waals surface area contributed by atoms with E-state index in [-0.39, 0.29) is 102 Å². The molecule has 0 bridgehead atoms. The summed E-state index contributed by atoms with van der Waals surface area (Å²) in [6.07, 6.45) is -6.87. The molecule has 38 nitrogen and oxygen atoms in total. The number of hydrogen-bond donors (Lipinski definition) is 16. The van der Waals surface area contributed by atoms with Gasteiger partial charge in [-0.1, -0.05) is 0 Å². The van der Waals surface area contributed by atoms with Gasteiger partial charge in [-0.25, -0.2) is 28.1 Å². The summed E-state index contributed by atoms with van der Waals surface area (Å²) in [6, 6.07) is 0. The molecule has 496 valence electrons. The third-order valence-electron chi connectivity index (χ3n) is 12.6. The number of amides is 5. The van der Waals surface area contributed by atoms with Crippen LogP contribution in [0.2, 0.25) is 0 Å². The van der Waals surface area contributed by atoms with Crippen LogP contribution in [0.15, 0.2) is 35.3 Å². The van der Waals surface area contributed by atoms with Crippen LogP contribution in [0.3, 0.4) is 0 Å². The number of hydrogen-bond acceptors (Lipinski definition) is 34. The van der Waals surface area contributed by atoms with Gasteiger partial charge in [-0.3, -0.25) is 51.6 Å². The number of nitrogens with one attached hydrogen (secondary N) is 4. The van der Waals surface area contributed by atoms with Crippen LogP contribution in [-0.4, -0.2) is 249 Å². The molecule has 0 aromatic rings. The van der Waals surface area contributed by atoms with E-state index in [4.69, 9.17) is 24.3 Å². The van der Waals surface area contributed by atoms with Crippen molar-refractivity contribution >= 4 is 139 Å². The van der Waals surface area contributed by atoms with Gasteiger partial charge in [0.1, 0.15) is 6.10 Å². The van der Waals surface area contributed by atoms with E-state index in [0.717, 1.165) is 34.4 Å². The van der Waals surface area contributed by atoms with E-state index in [1.165, 1.54) is 43.7 Å². The van der Waals surface area contributed by atoms with Crippen molar-refractivity contribution < 1.29 is 193 Å². The maximum absolute atomic E-state index is 11.9. The molecule has 4 saturated heterocycles. The Morgan fingerprint density at radius 3 is 1.21 bits per heavy atom. The molecule has 0 aromatic carbocycles. The molecule has 48 heteroatoms. The van der Waals surface area contributed by atoms with Gasteiger partial charge in [0.25, 0.3) is 23.5 Å². The van der Waals surface area contributed by atoms with Crippen molar-refractivity contribution in [2.24, 2.45) is 0 Å². The predicted molar refractivity (Wildman–Crippen MR) is 294 cm³/mol. The number of rotatable bonds is 18. The molecule has 0 saturated carbocycles. The van der Waals surface area contributed by atoms with E-state index in [9.17, 15) is 117 Å². The zero-order valence-electron chi connectivity index (χ0n) is 46.0. The molecule has 8 aliphatic rings. The molecule has 6 unspecified atom stereocenters. The van der Waals surface area contributed by atoms with E-state index in [2.05, 4.69) is 38.9 Å². The van der Waals surface area contributed by atoms with Crippen molar-refractivity contribution in [1.82, 2.24) is 21.3 Å². The molecular weight excluding hydrogens is 1400 g/mol. The second-order valence-corrected chi connectivity index (χ2v) is 33.4. The van der Waals surface area contributed by atoms with E-state index >= 15 is 0 Å². The second kappa shape index (κ2) is 33.2. The van der Waals surface area contributed by atoms with Crippen LogP contribution >= 0.6 is 85.7 Å². The quantitative estimate of drug-likeness (QED) is 0.0262. The van der Waals surface area contributed by atoms with Crippen molar-refractivity contribution in [2.75, 3.05) is 39.8 Å². The maximum Gasteiger partial charge on any atom is 1.00 e. The summed E-state index contributed by atoms with van der Waals surface area (Å²) >= 11 is 3.99. The van der Waals surface area contributed by atoms with Crippen molar-refractivity contribution in [1.29, 1.82) is 0 Å². The number of ketones is 3. The van der Waals surface area contributed by atoms with Gasteiger partial charge in [0.2, 0.25) is 24.1 Å². The van der Waals surface area contributed by atoms with E-state index < -0.39 is 173 Å². The third-order valence-corrected chi connectivity index (χ3v) is 23.9. The first-order valence-corrected chi connectivity index (χ1v) is 37.1. The number of aliphatic hydroxyl groups excluding tert-OH is 9. The normalized spacial score (nSPS) is 34.3. The molecule has 8 heterocycles. The number of carbonyl (C=O) groups excluding carboxylic acids is 8. The van der Waals surface area contributed by atoms with Crippen LogP contribution in [0.4, 0.5) is 0 Å². The Hall–Kier alpha value is -1.80. The topological polar surface area (TPSA) is 631 Å². The van der Waals surface area contributed by atoms with Gasteiger partial charge in [-0.15, -0.1) is 47.0 Å². The number of Topliss-reactive ketones (excluding diaryl/α,β-unsaturated/α-hetero) is 3. The Morgan fingerprint density at radius 1 is 0.494 bits per heavy atom. The minimum Gasteiger partial charge on any atom is -0.756 e. The molecule has 0 aromatic heterocycles. The number of aliphatic hydroxyl groups is 9. The summed E-state index contributed by atoms with van der Waals surface area (Å²) in [7, 11) is -25.1. The SMILES string of the molecule is CP(C)(=O)OC[C@H]1SC(C2=CNC(=O)CC2=O)[C@H](O)[C@@H]1O.O=C1CC(=O)C(C2S[C@H](CO)[C@@H](O)[C@H]2O)=CN1.O=C1CC(=O)C(C2S[C@H](COP(=O)(O)O)[C@@H](O)[C@H]2O)=CN1.O=C1CC(=O)[N+]([C@@H]2S[C@H](COP(=O)([O-])OP(=O)([O-])OP(=O)([O-])O)[C@@H](O)[C@H]2O)=CN1.[Na+]. The molecule has 5 amide bonds. The van der Waals surface area contributed by atoms with Crippen LogP contribution in [0, 0.1) is 0 Å². The summed E-state index contributed by atoms with van der Waals surface area (Å²) < 4.78 is 76.4. The maximum atomic E-state index is 11.9. The predicted octanol–water partition coefficient (Wildman–Crippen LogP) is -11.2. The molecule has 0 spiro atoms. The average Bonchev–Trinajstić information content (AvgIpc) is 2.34. The van der Waals surface area contributed by atoms with Crippen molar-refractivity contribution in [3.63, 3.8) is 0 Å². The number of nitrogens with zero attached hydrogens (tertiary/aromatic N) is 1. The van der Waals surface area contributed by atoms with Crippen molar-refractivity contribution in [2.45, 2.75) is 117 Å². The Morgan fingerprint density at radius 2 is 0.854 bits per heavy atom. The molecule has 16 N–H and O–H groups in total. The smallest absolute Gasteiger partial charge is 0.756 e. The first kappa shape index (κ1) is 79.6. The third kappa shape index (κ3) is 23.2. The van der Waals surface area contributed by atoms with Gasteiger partial charge in [0, 0.05) is 48.6 Å². The van der Waals surface area contributed by atoms with Gasteiger partial charge in [-0.2, -0.15) is 4.58 Å². The molecule has 0 radical (unpaired) electrons. The molecule has 8 rings (SSSR count). The number of phosphoric acid groups is 4. The summed E-state index contributed by atoms with van der Waals surface area (Å²) in [5.74, 6) is -3.69. The van der Waals surface area contributed by atoms with Gasteiger partial charge < -0.3 is 100 Å². The summed E-state index contributed by atoms with van der Waals surface area (Å²) in [5, 5.41) is 91.8. The first-order chi connectivity index (χ1) is 40.5. The number of phosphoric ester groups is 2. The monoisotopic (exact) mass is 1450 g/mol. The van der Waals surface area contributed by atoms with Gasteiger partial charge in [0.15, 0.2) is 36.5 Å². The zero-order valence-corrected chi connectivity index (χ0v) is 55.7. The molecule has 4 fully saturated rings.